The number of nitrogens with zero attached hydrogens (tertiary/aromatic N) is 2. The van der Waals surface area contributed by atoms with E-state index < -0.39 is 39.9 Å². The molecule has 13 heteroatoms. The first-order valence-electron chi connectivity index (χ1n) is 11.2. The summed E-state index contributed by atoms with van der Waals surface area (Å²) in [6.07, 6.45) is -2.88. The summed E-state index contributed by atoms with van der Waals surface area (Å²) in [4.78, 5) is 37.5. The molecule has 2 amide bonds. The average molecular weight is 576 g/mol. The van der Waals surface area contributed by atoms with Crippen LogP contribution in [0.2, 0.25) is 5.02 Å². The fourth-order valence-electron chi connectivity index (χ4n) is 3.80. The summed E-state index contributed by atoms with van der Waals surface area (Å²) in [5.74, 6) is -1.92. The number of carbonyl (C=O) groups is 2. The van der Waals surface area contributed by atoms with Crippen LogP contribution in [-0.4, -0.2) is 21.9 Å². The van der Waals surface area contributed by atoms with Gasteiger partial charge < -0.3 is 4.74 Å². The Kier molecular flexibility index (Phi) is 7.70. The van der Waals surface area contributed by atoms with Gasteiger partial charge in [0.2, 0.25) is 5.75 Å². The Bertz CT molecular complexity index is 1560. The van der Waals surface area contributed by atoms with Crippen molar-refractivity contribution in [2.45, 2.75) is 19.5 Å². The van der Waals surface area contributed by atoms with Gasteiger partial charge in [-0.15, -0.1) is 0 Å². The largest absolute Gasteiger partial charge is 0.449 e. The number of nitro groups is 1. The highest BCUT2D eigenvalue weighted by Crippen LogP contribution is 2.39. The second-order valence-electron chi connectivity index (χ2n) is 8.17. The first-order chi connectivity index (χ1) is 18.4. The molecule has 1 N–H and O–H groups in total. The number of halogens is 4. The third kappa shape index (κ3) is 5.76. The lowest BCUT2D eigenvalue weighted by Gasteiger charge is -2.30. The van der Waals surface area contributed by atoms with Gasteiger partial charge >= 0.3 is 11.9 Å². The number of aryl methyl sites for hydroxylation is 1. The van der Waals surface area contributed by atoms with Gasteiger partial charge in [0.05, 0.1) is 21.2 Å². The van der Waals surface area contributed by atoms with Crippen molar-refractivity contribution in [1.82, 2.24) is 5.32 Å². The lowest BCUT2D eigenvalue weighted by Crippen LogP contribution is -2.54. The zero-order valence-corrected chi connectivity index (χ0v) is 21.5. The van der Waals surface area contributed by atoms with E-state index in [1.807, 2.05) is 19.1 Å². The van der Waals surface area contributed by atoms with Crippen LogP contribution in [0.3, 0.4) is 0 Å². The summed E-state index contributed by atoms with van der Waals surface area (Å²) in [6.45, 7) is 1.91. The molecule has 3 aromatic rings. The van der Waals surface area contributed by atoms with Crippen molar-refractivity contribution in [3.05, 3.63) is 98.1 Å². The first kappa shape index (κ1) is 27.7. The number of nitro benzene ring substituents is 1. The predicted molar refractivity (Wildman–Crippen MR) is 142 cm³/mol. The van der Waals surface area contributed by atoms with Gasteiger partial charge in [-0.25, -0.2) is 0 Å². The van der Waals surface area contributed by atoms with Gasteiger partial charge in [-0.2, -0.15) is 13.2 Å². The number of benzene rings is 3. The van der Waals surface area contributed by atoms with Gasteiger partial charge in [-0.3, -0.25) is 29.9 Å². The molecule has 0 radical (unpaired) electrons. The van der Waals surface area contributed by atoms with Crippen LogP contribution in [0, 0.1) is 10.1 Å². The molecule has 0 atom stereocenters. The maximum atomic E-state index is 13.3. The van der Waals surface area contributed by atoms with Gasteiger partial charge in [0.1, 0.15) is 11.3 Å². The third-order valence-electron chi connectivity index (χ3n) is 5.68. The van der Waals surface area contributed by atoms with Crippen LogP contribution in [0.25, 0.3) is 6.08 Å². The highest BCUT2D eigenvalue weighted by molar-refractivity contribution is 7.80. The Morgan fingerprint density at radius 3 is 2.44 bits per heavy atom. The molecular weight excluding hydrogens is 559 g/mol. The van der Waals surface area contributed by atoms with Crippen LogP contribution in [0.5, 0.6) is 11.5 Å². The number of amides is 2. The van der Waals surface area contributed by atoms with E-state index in [0.717, 1.165) is 11.6 Å². The van der Waals surface area contributed by atoms with Crippen LogP contribution in [0.1, 0.15) is 23.6 Å². The van der Waals surface area contributed by atoms with E-state index in [4.69, 9.17) is 28.6 Å². The van der Waals surface area contributed by atoms with Crippen molar-refractivity contribution in [2.24, 2.45) is 0 Å². The van der Waals surface area contributed by atoms with E-state index in [9.17, 15) is 32.9 Å². The number of thiocarbonyl (C=S) groups is 1. The van der Waals surface area contributed by atoms with E-state index in [0.29, 0.717) is 29.8 Å². The van der Waals surface area contributed by atoms with Crippen molar-refractivity contribution < 1.29 is 32.4 Å². The molecule has 0 saturated carbocycles. The molecule has 1 fully saturated rings. The van der Waals surface area contributed by atoms with E-state index in [1.54, 1.807) is 12.1 Å². The second-order valence-corrected chi connectivity index (χ2v) is 8.96. The molecule has 8 nitrogen and oxygen atoms in total. The summed E-state index contributed by atoms with van der Waals surface area (Å²) in [7, 11) is 0. The lowest BCUT2D eigenvalue weighted by molar-refractivity contribution is -0.385. The Hall–Kier alpha value is -4.29. The van der Waals surface area contributed by atoms with Crippen LogP contribution >= 0.6 is 23.8 Å². The van der Waals surface area contributed by atoms with Crippen LogP contribution in [0.15, 0.2) is 66.2 Å². The lowest BCUT2D eigenvalue weighted by atomic mass is 10.0. The van der Waals surface area contributed by atoms with Crippen LogP contribution in [-0.2, 0) is 22.2 Å². The van der Waals surface area contributed by atoms with Gasteiger partial charge in [-0.1, -0.05) is 42.8 Å². The van der Waals surface area contributed by atoms with Crippen molar-refractivity contribution in [1.29, 1.82) is 0 Å². The summed E-state index contributed by atoms with van der Waals surface area (Å²) >= 11 is 11.5. The summed E-state index contributed by atoms with van der Waals surface area (Å²) in [5.41, 5.74) is -0.659. The minimum absolute atomic E-state index is 0.0667. The monoisotopic (exact) mass is 575 g/mol. The maximum absolute atomic E-state index is 13.3. The molecule has 1 saturated heterocycles. The summed E-state index contributed by atoms with van der Waals surface area (Å²) in [5, 5.41) is 13.7. The molecule has 200 valence electrons. The highest BCUT2D eigenvalue weighted by Gasteiger charge is 2.36. The van der Waals surface area contributed by atoms with Crippen molar-refractivity contribution in [2.75, 3.05) is 4.90 Å². The number of rotatable bonds is 6. The van der Waals surface area contributed by atoms with Gasteiger partial charge in [0.15, 0.2) is 5.11 Å². The Morgan fingerprint density at radius 2 is 1.79 bits per heavy atom. The van der Waals surface area contributed by atoms with Crippen molar-refractivity contribution in [3.63, 3.8) is 0 Å². The number of carbonyl (C=O) groups excluding carboxylic acids is 2. The Labute approximate surface area is 229 Å². The molecule has 39 heavy (non-hydrogen) atoms. The fourth-order valence-corrected chi connectivity index (χ4v) is 4.30. The molecule has 0 unspecified atom stereocenters. The number of anilines is 1. The zero-order valence-electron chi connectivity index (χ0n) is 19.9. The molecule has 1 aliphatic rings. The highest BCUT2D eigenvalue weighted by atomic mass is 35.5. The molecule has 0 spiro atoms. The quantitative estimate of drug-likeness (QED) is 0.119. The van der Waals surface area contributed by atoms with Crippen molar-refractivity contribution in [3.8, 4) is 11.5 Å². The molecule has 1 heterocycles. The standard InChI is InChI=1S/C26H17ClF3N3O5S/c1-2-15-5-3-4-6-19(15)32-24(35)17(23(34)31-25(32)39)11-14-7-9-21(18(27)12-14)38-22-10-8-16(26(28,29)30)13-20(22)33(36)37/h3-13H,2H2,1H3,(H,31,34,39)/b17-11+. The smallest absolute Gasteiger partial charge is 0.416 e. The molecule has 0 aliphatic carbocycles. The number of para-hydroxylation sites is 1. The minimum atomic E-state index is -4.78. The average Bonchev–Trinajstić information content (AvgIpc) is 2.87. The van der Waals surface area contributed by atoms with E-state index in [2.05, 4.69) is 5.32 Å². The van der Waals surface area contributed by atoms with Gasteiger partial charge in [0, 0.05) is 6.07 Å². The third-order valence-corrected chi connectivity index (χ3v) is 6.26. The number of nitrogens with one attached hydrogen (secondary N) is 1. The summed E-state index contributed by atoms with van der Waals surface area (Å²) in [6, 6.07) is 13.0. The SMILES string of the molecule is CCc1ccccc1N1C(=O)/C(=C/c2ccc(Oc3ccc(C(F)(F)F)cc3[N+](=O)[O-])c(Cl)c2)C(=O)NC1=S. The molecule has 4 rings (SSSR count). The Morgan fingerprint density at radius 1 is 1.10 bits per heavy atom. The number of alkyl halides is 3. The second kappa shape index (κ2) is 10.8. The molecule has 3 aromatic carbocycles. The number of ether oxygens (including phenoxy) is 1. The maximum Gasteiger partial charge on any atom is 0.416 e. The normalized spacial score (nSPS) is 14.9. The zero-order chi connectivity index (χ0) is 28.5. The van der Waals surface area contributed by atoms with Gasteiger partial charge in [-0.05, 0) is 66.2 Å². The summed E-state index contributed by atoms with van der Waals surface area (Å²) < 4.78 is 44.4. The topological polar surface area (TPSA) is 102 Å². The molecular formula is C26H17ClF3N3O5S. The van der Waals surface area contributed by atoms with Crippen molar-refractivity contribution >= 4 is 58.2 Å². The molecule has 0 aromatic heterocycles. The minimum Gasteiger partial charge on any atom is -0.449 e. The van der Waals surface area contributed by atoms with E-state index in [1.165, 1.54) is 29.2 Å². The number of hydrogen-bond donors (Lipinski definition) is 1. The van der Waals surface area contributed by atoms with Crippen LogP contribution in [0.4, 0.5) is 24.5 Å². The molecule has 1 aliphatic heterocycles. The van der Waals surface area contributed by atoms with Crippen LogP contribution < -0.4 is 15.0 Å². The number of hydrogen-bond acceptors (Lipinski definition) is 6. The Balaban J connectivity index is 1.65. The van der Waals surface area contributed by atoms with E-state index in [-0.39, 0.29) is 21.5 Å². The first-order valence-corrected chi connectivity index (χ1v) is 12.0. The molecule has 0 bridgehead atoms. The van der Waals surface area contributed by atoms with Gasteiger partial charge in [0.25, 0.3) is 11.8 Å². The fraction of sp³-hybridized carbons (Fsp3) is 0.115. The predicted octanol–water partition coefficient (Wildman–Crippen LogP) is 6.45. The van der Waals surface area contributed by atoms with E-state index >= 15 is 0 Å².